The van der Waals surface area contributed by atoms with Gasteiger partial charge in [-0.15, -0.1) is 0 Å². The molecule has 0 aliphatic rings. The molecule has 100 valence electrons. The number of aliphatic hydroxyl groups is 1. The Balaban J connectivity index is 2.73. The molecule has 18 heavy (non-hydrogen) atoms. The average Bonchev–Trinajstić information content (AvgIpc) is 2.35. The van der Waals surface area contributed by atoms with Crippen LogP contribution in [0, 0.1) is 6.92 Å². The van der Waals surface area contributed by atoms with Gasteiger partial charge in [0.15, 0.2) is 0 Å². The summed E-state index contributed by atoms with van der Waals surface area (Å²) in [5, 5.41) is 10.1. The highest BCUT2D eigenvalue weighted by Crippen LogP contribution is 2.06. The Labute approximate surface area is 108 Å². The van der Waals surface area contributed by atoms with E-state index in [1.807, 2.05) is 38.1 Å². The minimum atomic E-state index is -3.50. The minimum absolute atomic E-state index is 0.200. The summed E-state index contributed by atoms with van der Waals surface area (Å²) in [6.45, 7) is 3.58. The number of hydrogen-bond donors (Lipinski definition) is 2. The molecule has 0 radical (unpaired) electrons. The van der Waals surface area contributed by atoms with Gasteiger partial charge in [-0.05, 0) is 25.0 Å². The molecule has 1 rings (SSSR count). The van der Waals surface area contributed by atoms with E-state index >= 15 is 0 Å². The van der Waals surface area contributed by atoms with E-state index in [0.29, 0.717) is 6.42 Å². The fourth-order valence-electron chi connectivity index (χ4n) is 1.37. The van der Waals surface area contributed by atoms with Gasteiger partial charge >= 0.3 is 0 Å². The largest absolute Gasteiger partial charge is 0.395 e. The Morgan fingerprint density at radius 3 is 2.44 bits per heavy atom. The van der Waals surface area contributed by atoms with Crippen molar-refractivity contribution in [2.75, 3.05) is 6.61 Å². The third kappa shape index (κ3) is 5.00. The Morgan fingerprint density at radius 1 is 1.33 bits per heavy atom. The van der Waals surface area contributed by atoms with Crippen molar-refractivity contribution in [3.63, 3.8) is 0 Å². The van der Waals surface area contributed by atoms with Crippen molar-refractivity contribution in [3.05, 3.63) is 40.8 Å². The maximum Gasteiger partial charge on any atom is 0.234 e. The van der Waals surface area contributed by atoms with Crippen LogP contribution < -0.4 is 4.72 Å². The Kier molecular flexibility index (Phi) is 5.53. The van der Waals surface area contributed by atoms with Crippen LogP contribution in [0.15, 0.2) is 29.7 Å². The van der Waals surface area contributed by atoms with Crippen LogP contribution in [-0.2, 0) is 10.0 Å². The highest BCUT2D eigenvalue weighted by Gasteiger charge is 2.12. The van der Waals surface area contributed by atoms with Gasteiger partial charge in [-0.1, -0.05) is 36.8 Å². The molecule has 1 aromatic carbocycles. The Morgan fingerprint density at radius 2 is 1.94 bits per heavy atom. The normalized spacial score (nSPS) is 13.9. The maximum absolute atomic E-state index is 11.7. The van der Waals surface area contributed by atoms with E-state index in [1.54, 1.807) is 0 Å². The Hall–Kier alpha value is -1.17. The smallest absolute Gasteiger partial charge is 0.234 e. The van der Waals surface area contributed by atoms with Gasteiger partial charge in [-0.2, -0.15) is 0 Å². The van der Waals surface area contributed by atoms with Crippen LogP contribution in [0.5, 0.6) is 0 Å². The summed E-state index contributed by atoms with van der Waals surface area (Å²) in [6.07, 6.45) is 2.08. The highest BCUT2D eigenvalue weighted by molar-refractivity contribution is 7.92. The molecule has 0 saturated heterocycles. The molecule has 0 spiro atoms. The van der Waals surface area contributed by atoms with Gasteiger partial charge in [0.25, 0.3) is 0 Å². The molecule has 0 aliphatic carbocycles. The highest BCUT2D eigenvalue weighted by atomic mass is 32.2. The van der Waals surface area contributed by atoms with Crippen molar-refractivity contribution in [2.45, 2.75) is 26.3 Å². The summed E-state index contributed by atoms with van der Waals surface area (Å²) in [5.41, 5.74) is 1.95. The quantitative estimate of drug-likeness (QED) is 0.825. The van der Waals surface area contributed by atoms with Crippen LogP contribution >= 0.6 is 0 Å². The molecule has 0 amide bonds. The second-order valence-corrected chi connectivity index (χ2v) is 5.76. The summed E-state index contributed by atoms with van der Waals surface area (Å²) in [5.74, 6) is 0. The molecule has 2 N–H and O–H groups in total. The second kappa shape index (κ2) is 6.68. The van der Waals surface area contributed by atoms with E-state index in [1.165, 1.54) is 6.08 Å². The molecule has 0 heterocycles. The Bertz CT molecular complexity index is 487. The van der Waals surface area contributed by atoms with Gasteiger partial charge in [0.05, 0.1) is 6.61 Å². The molecule has 1 aromatic rings. The topological polar surface area (TPSA) is 66.4 Å². The van der Waals surface area contributed by atoms with Crippen LogP contribution in [-0.4, -0.2) is 26.2 Å². The molecule has 1 unspecified atom stereocenters. The van der Waals surface area contributed by atoms with Gasteiger partial charge in [0, 0.05) is 11.4 Å². The van der Waals surface area contributed by atoms with E-state index in [-0.39, 0.29) is 6.61 Å². The zero-order valence-corrected chi connectivity index (χ0v) is 11.4. The molecule has 0 aromatic heterocycles. The minimum Gasteiger partial charge on any atom is -0.395 e. The zero-order chi connectivity index (χ0) is 13.6. The number of rotatable bonds is 6. The number of aryl methyl sites for hydroxylation is 1. The first-order chi connectivity index (χ1) is 8.46. The predicted molar refractivity (Wildman–Crippen MR) is 73.4 cm³/mol. The molecule has 4 nitrogen and oxygen atoms in total. The molecule has 0 saturated carbocycles. The SMILES string of the molecule is CCC(CO)NS(=O)(=O)/C=C/c1ccc(C)cc1. The summed E-state index contributed by atoms with van der Waals surface area (Å²) < 4.78 is 25.8. The first kappa shape index (κ1) is 14.9. The molecular formula is C13H19NO3S. The van der Waals surface area contributed by atoms with Gasteiger partial charge in [-0.25, -0.2) is 13.1 Å². The van der Waals surface area contributed by atoms with Crippen molar-refractivity contribution in [1.29, 1.82) is 0 Å². The van der Waals surface area contributed by atoms with Crippen molar-refractivity contribution in [2.24, 2.45) is 0 Å². The lowest BCUT2D eigenvalue weighted by Crippen LogP contribution is -2.35. The van der Waals surface area contributed by atoms with Crippen LogP contribution in [0.4, 0.5) is 0 Å². The van der Waals surface area contributed by atoms with Gasteiger partial charge < -0.3 is 5.11 Å². The lowest BCUT2D eigenvalue weighted by molar-refractivity contribution is 0.254. The first-order valence-electron chi connectivity index (χ1n) is 5.85. The third-order valence-corrected chi connectivity index (χ3v) is 3.72. The van der Waals surface area contributed by atoms with Crippen LogP contribution in [0.25, 0.3) is 6.08 Å². The van der Waals surface area contributed by atoms with E-state index in [9.17, 15) is 8.42 Å². The number of sulfonamides is 1. The van der Waals surface area contributed by atoms with Gasteiger partial charge in [0.1, 0.15) is 0 Å². The van der Waals surface area contributed by atoms with Gasteiger partial charge in [0.2, 0.25) is 10.0 Å². The maximum atomic E-state index is 11.7. The fourth-order valence-corrected chi connectivity index (χ4v) is 2.49. The van der Waals surface area contributed by atoms with Crippen molar-refractivity contribution >= 4 is 16.1 Å². The monoisotopic (exact) mass is 269 g/mol. The molecule has 1 atom stereocenters. The van der Waals surface area contributed by atoms with E-state index in [2.05, 4.69) is 4.72 Å². The molecule has 5 heteroatoms. The summed E-state index contributed by atoms with van der Waals surface area (Å²) in [4.78, 5) is 0. The predicted octanol–water partition coefficient (Wildman–Crippen LogP) is 1.66. The number of nitrogens with one attached hydrogen (secondary N) is 1. The third-order valence-electron chi connectivity index (χ3n) is 2.56. The molecule has 0 bridgehead atoms. The first-order valence-corrected chi connectivity index (χ1v) is 7.39. The van der Waals surface area contributed by atoms with Crippen molar-refractivity contribution < 1.29 is 13.5 Å². The molecule has 0 fully saturated rings. The van der Waals surface area contributed by atoms with Gasteiger partial charge in [-0.3, -0.25) is 0 Å². The van der Waals surface area contributed by atoms with E-state index < -0.39 is 16.1 Å². The lowest BCUT2D eigenvalue weighted by Gasteiger charge is -2.11. The van der Waals surface area contributed by atoms with Crippen LogP contribution in [0.3, 0.4) is 0 Å². The summed E-state index contributed by atoms with van der Waals surface area (Å²) in [6, 6.07) is 7.11. The lowest BCUT2D eigenvalue weighted by atomic mass is 10.2. The number of hydrogen-bond acceptors (Lipinski definition) is 3. The standard InChI is InChI=1S/C13H19NO3S/c1-3-13(10-15)14-18(16,17)9-8-12-6-4-11(2)5-7-12/h4-9,13-15H,3,10H2,1-2H3/b9-8+. The summed E-state index contributed by atoms with van der Waals surface area (Å²) >= 11 is 0. The van der Waals surface area contributed by atoms with E-state index in [0.717, 1.165) is 16.5 Å². The second-order valence-electron chi connectivity index (χ2n) is 4.16. The summed E-state index contributed by atoms with van der Waals surface area (Å²) in [7, 11) is -3.50. The van der Waals surface area contributed by atoms with E-state index in [4.69, 9.17) is 5.11 Å². The van der Waals surface area contributed by atoms with Crippen molar-refractivity contribution in [3.8, 4) is 0 Å². The zero-order valence-electron chi connectivity index (χ0n) is 10.6. The molecule has 0 aliphatic heterocycles. The average molecular weight is 269 g/mol. The van der Waals surface area contributed by atoms with Crippen LogP contribution in [0.1, 0.15) is 24.5 Å². The van der Waals surface area contributed by atoms with Crippen molar-refractivity contribution in [1.82, 2.24) is 4.72 Å². The van der Waals surface area contributed by atoms with Crippen LogP contribution in [0.2, 0.25) is 0 Å². The number of aliphatic hydroxyl groups excluding tert-OH is 1. The molecular weight excluding hydrogens is 250 g/mol. The fraction of sp³-hybridized carbons (Fsp3) is 0.385. The number of benzene rings is 1.